The molecule has 0 aliphatic carbocycles. The summed E-state index contributed by atoms with van der Waals surface area (Å²) < 4.78 is 6.84. The van der Waals surface area contributed by atoms with Gasteiger partial charge in [-0.1, -0.05) is 48.0 Å². The second-order valence-electron chi connectivity index (χ2n) is 8.17. The van der Waals surface area contributed by atoms with E-state index in [1.807, 2.05) is 68.4 Å². The average molecular weight is 491 g/mol. The molecule has 1 aromatic heterocycles. The number of amides is 1. The van der Waals surface area contributed by atoms with Crippen molar-refractivity contribution in [1.82, 2.24) is 9.78 Å². The van der Waals surface area contributed by atoms with Crippen LogP contribution in [0.1, 0.15) is 34.4 Å². The van der Waals surface area contributed by atoms with Gasteiger partial charge in [-0.05, 0) is 55.7 Å². The van der Waals surface area contributed by atoms with Crippen molar-refractivity contribution in [3.05, 3.63) is 87.7 Å². The van der Waals surface area contributed by atoms with Crippen LogP contribution in [-0.2, 0) is 20.9 Å². The number of halogens is 1. The van der Waals surface area contributed by atoms with Gasteiger partial charge in [0.2, 0.25) is 0 Å². The minimum absolute atomic E-state index is 0.164. The maximum Gasteiger partial charge on any atom is 0.331 e. The molecule has 3 rings (SSSR count). The van der Waals surface area contributed by atoms with E-state index in [0.29, 0.717) is 28.6 Å². The molecule has 0 saturated heterocycles. The molecule has 0 radical (unpaired) electrons. The number of benzene rings is 2. The van der Waals surface area contributed by atoms with E-state index in [2.05, 4.69) is 5.10 Å². The Bertz CT molecular complexity index is 1260. The number of nitriles is 1. The summed E-state index contributed by atoms with van der Waals surface area (Å²) in [6.45, 7) is 5.94. The number of carbonyl (C=O) groups is 2. The molecule has 0 unspecified atom stereocenters. The second kappa shape index (κ2) is 12.0. The lowest BCUT2D eigenvalue weighted by Crippen LogP contribution is -2.35. The molecule has 7 nitrogen and oxygen atoms in total. The first-order valence-corrected chi connectivity index (χ1v) is 11.5. The fourth-order valence-corrected chi connectivity index (χ4v) is 3.99. The molecular formula is C27H27ClN4O3. The van der Waals surface area contributed by atoms with Gasteiger partial charge < -0.3 is 9.64 Å². The summed E-state index contributed by atoms with van der Waals surface area (Å²) in [5.41, 5.74) is 4.99. The van der Waals surface area contributed by atoms with E-state index in [1.165, 1.54) is 17.1 Å². The van der Waals surface area contributed by atoms with Gasteiger partial charge in [-0.15, -0.1) is 0 Å². The molecule has 1 heterocycles. The first kappa shape index (κ1) is 25.7. The normalized spacial score (nSPS) is 10.8. The number of nitrogens with zero attached hydrogens (tertiary/aromatic N) is 4. The highest BCUT2D eigenvalue weighted by molar-refractivity contribution is 6.31. The molecule has 180 valence electrons. The molecular weight excluding hydrogens is 464 g/mol. The molecule has 3 aromatic rings. The lowest BCUT2D eigenvalue weighted by Gasteiger charge is -2.22. The molecule has 2 aromatic carbocycles. The van der Waals surface area contributed by atoms with E-state index >= 15 is 0 Å². The van der Waals surface area contributed by atoms with Gasteiger partial charge in [0.25, 0.3) is 5.91 Å². The number of aryl methyl sites for hydroxylation is 3. The summed E-state index contributed by atoms with van der Waals surface area (Å²) in [7, 11) is 0. The van der Waals surface area contributed by atoms with Crippen molar-refractivity contribution in [2.24, 2.45) is 0 Å². The second-order valence-corrected chi connectivity index (χ2v) is 8.53. The van der Waals surface area contributed by atoms with Crippen molar-refractivity contribution in [2.75, 3.05) is 18.1 Å². The van der Waals surface area contributed by atoms with Gasteiger partial charge in [0.1, 0.15) is 5.15 Å². The number of hydrogen-bond donors (Lipinski definition) is 0. The fourth-order valence-electron chi connectivity index (χ4n) is 3.69. The molecule has 0 bridgehead atoms. The molecule has 8 heteroatoms. The van der Waals surface area contributed by atoms with Crippen molar-refractivity contribution in [3.8, 4) is 6.07 Å². The fraction of sp³-hybridized carbons (Fsp3) is 0.259. The third-order valence-electron chi connectivity index (χ3n) is 5.27. The summed E-state index contributed by atoms with van der Waals surface area (Å²) in [4.78, 5) is 26.6. The van der Waals surface area contributed by atoms with Crippen molar-refractivity contribution in [2.45, 2.75) is 33.7 Å². The van der Waals surface area contributed by atoms with Gasteiger partial charge in [-0.2, -0.15) is 10.4 Å². The summed E-state index contributed by atoms with van der Waals surface area (Å²) in [6.07, 6.45) is 2.93. The van der Waals surface area contributed by atoms with E-state index in [1.54, 1.807) is 11.6 Å². The Kier molecular flexibility index (Phi) is 8.82. The van der Waals surface area contributed by atoms with Crippen molar-refractivity contribution in [1.29, 1.82) is 5.26 Å². The number of anilines is 1. The Balaban J connectivity index is 1.65. The number of ether oxygens (including phenoxy) is 1. The molecule has 0 aliphatic heterocycles. The van der Waals surface area contributed by atoms with E-state index in [-0.39, 0.29) is 13.0 Å². The summed E-state index contributed by atoms with van der Waals surface area (Å²) in [6, 6.07) is 17.6. The van der Waals surface area contributed by atoms with Crippen molar-refractivity contribution in [3.63, 3.8) is 0 Å². The number of rotatable bonds is 9. The Morgan fingerprint density at radius 1 is 1.14 bits per heavy atom. The summed E-state index contributed by atoms with van der Waals surface area (Å²) in [5, 5.41) is 13.8. The number of hydrogen-bond acceptors (Lipinski definition) is 5. The van der Waals surface area contributed by atoms with Crippen LogP contribution >= 0.6 is 11.6 Å². The van der Waals surface area contributed by atoms with E-state index in [4.69, 9.17) is 21.6 Å². The van der Waals surface area contributed by atoms with Gasteiger partial charge in [0.05, 0.1) is 24.7 Å². The molecule has 0 spiro atoms. The van der Waals surface area contributed by atoms with Crippen LogP contribution in [0.4, 0.5) is 5.69 Å². The van der Waals surface area contributed by atoms with Crippen LogP contribution in [0, 0.1) is 32.1 Å². The topological polar surface area (TPSA) is 88.2 Å². The van der Waals surface area contributed by atoms with Crippen LogP contribution < -0.4 is 4.90 Å². The van der Waals surface area contributed by atoms with Crippen molar-refractivity contribution >= 4 is 35.2 Å². The van der Waals surface area contributed by atoms with Crippen LogP contribution in [0.25, 0.3) is 6.08 Å². The third-order valence-corrected chi connectivity index (χ3v) is 5.67. The first-order chi connectivity index (χ1) is 16.8. The minimum atomic E-state index is -0.676. The zero-order chi connectivity index (χ0) is 25.4. The smallest absolute Gasteiger partial charge is 0.331 e. The van der Waals surface area contributed by atoms with Gasteiger partial charge in [0, 0.05) is 23.9 Å². The van der Waals surface area contributed by atoms with Gasteiger partial charge in [-0.25, -0.2) is 9.48 Å². The predicted octanol–water partition coefficient (Wildman–Crippen LogP) is 5.01. The van der Waals surface area contributed by atoms with Crippen LogP contribution in [0.3, 0.4) is 0 Å². The Labute approximate surface area is 210 Å². The Morgan fingerprint density at radius 2 is 1.83 bits per heavy atom. The van der Waals surface area contributed by atoms with E-state index in [9.17, 15) is 9.59 Å². The lowest BCUT2D eigenvalue weighted by molar-refractivity contribution is -0.142. The van der Waals surface area contributed by atoms with Crippen LogP contribution in [0.2, 0.25) is 5.15 Å². The average Bonchev–Trinajstić information content (AvgIpc) is 3.08. The van der Waals surface area contributed by atoms with Gasteiger partial charge in [-0.3, -0.25) is 4.79 Å². The number of carbonyl (C=O) groups excluding carboxylic acids is 2. The molecule has 0 N–H and O–H groups in total. The zero-order valence-corrected chi connectivity index (χ0v) is 20.7. The highest BCUT2D eigenvalue weighted by Gasteiger charge is 2.18. The quantitative estimate of drug-likeness (QED) is 0.310. The summed E-state index contributed by atoms with van der Waals surface area (Å²) in [5.74, 6) is -1.08. The highest BCUT2D eigenvalue weighted by atomic mass is 35.5. The maximum absolute atomic E-state index is 12.8. The Hall–Kier alpha value is -3.89. The van der Waals surface area contributed by atoms with Crippen molar-refractivity contribution < 1.29 is 14.3 Å². The van der Waals surface area contributed by atoms with Gasteiger partial charge in [0.15, 0.2) is 6.61 Å². The van der Waals surface area contributed by atoms with Crippen LogP contribution in [0.15, 0.2) is 54.6 Å². The maximum atomic E-state index is 12.8. The predicted molar refractivity (Wildman–Crippen MR) is 136 cm³/mol. The standard InChI is InChI=1S/C27H27ClN4O3/c1-19-14-20(2)16-23(15-19)31(13-7-12-29)25(33)18-35-26(34)11-10-24-21(3)30-32(27(24)28)17-22-8-5-4-6-9-22/h4-6,8-11,14-16H,7,13,17-18H2,1-3H3. The van der Waals surface area contributed by atoms with E-state index in [0.717, 1.165) is 16.7 Å². The minimum Gasteiger partial charge on any atom is -0.452 e. The number of aromatic nitrogens is 2. The van der Waals surface area contributed by atoms with E-state index < -0.39 is 18.5 Å². The SMILES string of the molecule is Cc1cc(C)cc(N(CCC#N)C(=O)COC(=O)C=Cc2c(C)nn(Cc3ccccc3)c2Cl)c1. The molecule has 35 heavy (non-hydrogen) atoms. The molecule has 0 aliphatic rings. The zero-order valence-electron chi connectivity index (χ0n) is 20.0. The third kappa shape index (κ3) is 7.05. The molecule has 0 fully saturated rings. The first-order valence-electron chi connectivity index (χ1n) is 11.2. The monoisotopic (exact) mass is 490 g/mol. The molecule has 1 amide bonds. The largest absolute Gasteiger partial charge is 0.452 e. The number of esters is 1. The molecule has 0 saturated carbocycles. The molecule has 0 atom stereocenters. The van der Waals surface area contributed by atoms with Gasteiger partial charge >= 0.3 is 5.97 Å². The van der Waals surface area contributed by atoms with Crippen LogP contribution in [-0.4, -0.2) is 34.8 Å². The Morgan fingerprint density at radius 3 is 2.49 bits per heavy atom. The lowest BCUT2D eigenvalue weighted by atomic mass is 10.1. The van der Waals surface area contributed by atoms with Crippen LogP contribution in [0.5, 0.6) is 0 Å². The summed E-state index contributed by atoms with van der Waals surface area (Å²) >= 11 is 6.48. The highest BCUT2D eigenvalue weighted by Crippen LogP contribution is 2.23.